The summed E-state index contributed by atoms with van der Waals surface area (Å²) in [6.45, 7) is 16.6. The number of likely N-dealkylation sites (tertiary alicyclic amines) is 1. The average Bonchev–Trinajstić information content (AvgIpc) is 2.72. The lowest BCUT2D eigenvalue weighted by molar-refractivity contribution is 0.178. The van der Waals surface area contributed by atoms with Crippen LogP contribution in [-0.2, 0) is 0 Å². The molecule has 1 saturated heterocycles. The van der Waals surface area contributed by atoms with Crippen molar-refractivity contribution in [3.05, 3.63) is 0 Å². The van der Waals surface area contributed by atoms with Gasteiger partial charge in [-0.05, 0) is 43.7 Å². The van der Waals surface area contributed by atoms with Crippen LogP contribution in [0.4, 0.5) is 0 Å². The fourth-order valence-electron chi connectivity index (χ4n) is 3.11. The molecule has 108 valence electrons. The highest BCUT2D eigenvalue weighted by molar-refractivity contribution is 4.84. The van der Waals surface area contributed by atoms with E-state index in [0.29, 0.717) is 0 Å². The normalized spacial score (nSPS) is 23.2. The second-order valence-corrected chi connectivity index (χ2v) is 6.80. The Labute approximate surface area is 115 Å². The van der Waals surface area contributed by atoms with E-state index in [-0.39, 0.29) is 0 Å². The lowest BCUT2D eigenvalue weighted by Crippen LogP contribution is -2.45. The van der Waals surface area contributed by atoms with Gasteiger partial charge < -0.3 is 5.32 Å². The average molecular weight is 254 g/mol. The van der Waals surface area contributed by atoms with Crippen LogP contribution in [0.2, 0.25) is 0 Å². The maximum absolute atomic E-state index is 3.65. The third-order valence-corrected chi connectivity index (χ3v) is 4.16. The molecule has 2 nitrogen and oxygen atoms in total. The lowest BCUT2D eigenvalue weighted by Gasteiger charge is -2.31. The van der Waals surface area contributed by atoms with Crippen LogP contribution in [0.5, 0.6) is 0 Å². The second kappa shape index (κ2) is 8.16. The molecule has 1 aliphatic rings. The van der Waals surface area contributed by atoms with Crippen LogP contribution in [0.3, 0.4) is 0 Å². The molecule has 2 atom stereocenters. The van der Waals surface area contributed by atoms with Gasteiger partial charge in [0.25, 0.3) is 0 Å². The Balaban J connectivity index is 2.37. The van der Waals surface area contributed by atoms with Crippen molar-refractivity contribution in [2.24, 2.45) is 17.8 Å². The van der Waals surface area contributed by atoms with Gasteiger partial charge in [-0.25, -0.2) is 0 Å². The summed E-state index contributed by atoms with van der Waals surface area (Å²) >= 11 is 0. The van der Waals surface area contributed by atoms with Gasteiger partial charge in [0, 0.05) is 19.1 Å². The monoisotopic (exact) mass is 254 g/mol. The SMILES string of the molecule is CCCC1CCN(C(CNCC(C)C)C(C)C)C1. The molecule has 0 radical (unpaired) electrons. The molecule has 1 fully saturated rings. The first kappa shape index (κ1) is 16.0. The standard InChI is InChI=1S/C16H34N2/c1-6-7-15-8-9-18(12-15)16(14(4)5)11-17-10-13(2)3/h13-17H,6-12H2,1-5H3. The van der Waals surface area contributed by atoms with Gasteiger partial charge >= 0.3 is 0 Å². The predicted molar refractivity (Wildman–Crippen MR) is 80.9 cm³/mol. The molecule has 0 aromatic carbocycles. The van der Waals surface area contributed by atoms with Gasteiger partial charge in [-0.3, -0.25) is 4.90 Å². The predicted octanol–water partition coefficient (Wildman–Crippen LogP) is 3.38. The molecule has 1 aliphatic heterocycles. The van der Waals surface area contributed by atoms with Gasteiger partial charge in [-0.2, -0.15) is 0 Å². The van der Waals surface area contributed by atoms with Gasteiger partial charge in [0.2, 0.25) is 0 Å². The molecule has 18 heavy (non-hydrogen) atoms. The Morgan fingerprint density at radius 3 is 2.44 bits per heavy atom. The van der Waals surface area contributed by atoms with Crippen LogP contribution in [0, 0.1) is 17.8 Å². The molecule has 0 aromatic rings. The van der Waals surface area contributed by atoms with E-state index in [4.69, 9.17) is 0 Å². The van der Waals surface area contributed by atoms with Crippen LogP contribution in [-0.4, -0.2) is 37.1 Å². The zero-order valence-electron chi connectivity index (χ0n) is 13.2. The molecule has 0 saturated carbocycles. The summed E-state index contributed by atoms with van der Waals surface area (Å²) in [5, 5.41) is 3.65. The topological polar surface area (TPSA) is 15.3 Å². The first-order chi connectivity index (χ1) is 8.54. The molecule has 1 N–H and O–H groups in total. The highest BCUT2D eigenvalue weighted by atomic mass is 15.2. The molecule has 0 aliphatic carbocycles. The molecular weight excluding hydrogens is 220 g/mol. The maximum atomic E-state index is 3.65. The highest BCUT2D eigenvalue weighted by Crippen LogP contribution is 2.24. The van der Waals surface area contributed by atoms with Crippen LogP contribution >= 0.6 is 0 Å². The van der Waals surface area contributed by atoms with E-state index < -0.39 is 0 Å². The molecular formula is C16H34N2. The minimum Gasteiger partial charge on any atom is -0.315 e. The minimum atomic E-state index is 0.727. The summed E-state index contributed by atoms with van der Waals surface area (Å²) in [6, 6.07) is 0.727. The van der Waals surface area contributed by atoms with Gasteiger partial charge in [0.15, 0.2) is 0 Å². The molecule has 0 spiro atoms. The number of nitrogens with zero attached hydrogens (tertiary/aromatic N) is 1. The summed E-state index contributed by atoms with van der Waals surface area (Å²) in [5.41, 5.74) is 0. The molecule has 1 rings (SSSR count). The molecule has 0 bridgehead atoms. The van der Waals surface area contributed by atoms with E-state index in [2.05, 4.69) is 44.8 Å². The Morgan fingerprint density at radius 1 is 1.17 bits per heavy atom. The Kier molecular flexibility index (Phi) is 7.25. The van der Waals surface area contributed by atoms with Gasteiger partial charge in [-0.1, -0.05) is 41.0 Å². The first-order valence-corrected chi connectivity index (χ1v) is 7.99. The first-order valence-electron chi connectivity index (χ1n) is 7.99. The van der Waals surface area contributed by atoms with E-state index in [1.54, 1.807) is 0 Å². The second-order valence-electron chi connectivity index (χ2n) is 6.80. The van der Waals surface area contributed by atoms with Gasteiger partial charge in [-0.15, -0.1) is 0 Å². The quantitative estimate of drug-likeness (QED) is 0.714. The van der Waals surface area contributed by atoms with Crippen molar-refractivity contribution in [2.75, 3.05) is 26.2 Å². The zero-order chi connectivity index (χ0) is 13.5. The Bertz CT molecular complexity index is 213. The van der Waals surface area contributed by atoms with Crippen molar-refractivity contribution in [3.8, 4) is 0 Å². The van der Waals surface area contributed by atoms with E-state index in [1.807, 2.05) is 0 Å². The van der Waals surface area contributed by atoms with Gasteiger partial charge in [0.1, 0.15) is 0 Å². The summed E-state index contributed by atoms with van der Waals surface area (Å²) in [5.74, 6) is 2.47. The molecule has 1 heterocycles. The third-order valence-electron chi connectivity index (χ3n) is 4.16. The van der Waals surface area contributed by atoms with Crippen LogP contribution in [0.1, 0.15) is 53.9 Å². The molecule has 0 amide bonds. The molecule has 0 aromatic heterocycles. The van der Waals surface area contributed by atoms with E-state index in [1.165, 1.54) is 32.4 Å². The summed E-state index contributed by atoms with van der Waals surface area (Å²) in [6.07, 6.45) is 4.18. The number of hydrogen-bond donors (Lipinski definition) is 1. The smallest absolute Gasteiger partial charge is 0.0243 e. The zero-order valence-corrected chi connectivity index (χ0v) is 13.2. The fourth-order valence-corrected chi connectivity index (χ4v) is 3.11. The number of rotatable bonds is 8. The Morgan fingerprint density at radius 2 is 1.89 bits per heavy atom. The van der Waals surface area contributed by atoms with Crippen molar-refractivity contribution < 1.29 is 0 Å². The van der Waals surface area contributed by atoms with Crippen LogP contribution in [0.25, 0.3) is 0 Å². The van der Waals surface area contributed by atoms with Crippen molar-refractivity contribution in [3.63, 3.8) is 0 Å². The number of hydrogen-bond acceptors (Lipinski definition) is 2. The maximum Gasteiger partial charge on any atom is 0.0243 e. The van der Waals surface area contributed by atoms with Gasteiger partial charge in [0.05, 0.1) is 0 Å². The van der Waals surface area contributed by atoms with Crippen molar-refractivity contribution in [2.45, 2.75) is 59.9 Å². The highest BCUT2D eigenvalue weighted by Gasteiger charge is 2.29. The summed E-state index contributed by atoms with van der Waals surface area (Å²) < 4.78 is 0. The van der Waals surface area contributed by atoms with Crippen LogP contribution < -0.4 is 5.32 Å². The molecule has 2 unspecified atom stereocenters. The minimum absolute atomic E-state index is 0.727. The fraction of sp³-hybridized carbons (Fsp3) is 1.00. The van der Waals surface area contributed by atoms with Crippen LogP contribution in [0.15, 0.2) is 0 Å². The van der Waals surface area contributed by atoms with Crippen molar-refractivity contribution in [1.82, 2.24) is 10.2 Å². The van der Waals surface area contributed by atoms with Crippen molar-refractivity contribution in [1.29, 1.82) is 0 Å². The third kappa shape index (κ3) is 5.27. The summed E-state index contributed by atoms with van der Waals surface area (Å²) in [4.78, 5) is 2.73. The van der Waals surface area contributed by atoms with E-state index >= 15 is 0 Å². The number of nitrogens with one attached hydrogen (secondary N) is 1. The lowest BCUT2D eigenvalue weighted by atomic mass is 10.0. The summed E-state index contributed by atoms with van der Waals surface area (Å²) in [7, 11) is 0. The largest absolute Gasteiger partial charge is 0.315 e. The molecule has 2 heteroatoms. The van der Waals surface area contributed by atoms with E-state index in [9.17, 15) is 0 Å². The van der Waals surface area contributed by atoms with E-state index in [0.717, 1.165) is 36.9 Å². The van der Waals surface area contributed by atoms with Crippen molar-refractivity contribution >= 4 is 0 Å². The Hall–Kier alpha value is -0.0800.